The molecule has 0 aromatic carbocycles. The van der Waals surface area contributed by atoms with Gasteiger partial charge < -0.3 is 5.32 Å². The molecule has 1 aliphatic rings. The van der Waals surface area contributed by atoms with Gasteiger partial charge in [0.1, 0.15) is 6.33 Å². The van der Waals surface area contributed by atoms with Gasteiger partial charge in [-0.05, 0) is 0 Å². The van der Waals surface area contributed by atoms with Crippen molar-refractivity contribution in [3.05, 3.63) is 18.2 Å². The first-order chi connectivity index (χ1) is 8.24. The number of carbonyl (C=O) groups is 2. The number of hydrogen-bond donors (Lipinski definition) is 2. The Kier molecular flexibility index (Phi) is 1.97. The van der Waals surface area contributed by atoms with Crippen molar-refractivity contribution in [3.63, 3.8) is 0 Å². The van der Waals surface area contributed by atoms with Crippen LogP contribution < -0.4 is 10.6 Å². The third-order valence-corrected chi connectivity index (χ3v) is 2.43. The van der Waals surface area contributed by atoms with Crippen LogP contribution in [0.25, 0.3) is 5.78 Å². The van der Waals surface area contributed by atoms with Crippen LogP contribution >= 0.6 is 0 Å². The van der Waals surface area contributed by atoms with E-state index in [-0.39, 0.29) is 6.54 Å². The molecular formula is C8H7N7O2. The molecule has 1 saturated heterocycles. The van der Waals surface area contributed by atoms with E-state index in [1.165, 1.54) is 17.0 Å². The highest BCUT2D eigenvalue weighted by atomic mass is 16.2. The minimum Gasteiger partial charge on any atom is -0.337 e. The monoisotopic (exact) mass is 233 g/mol. The second kappa shape index (κ2) is 3.47. The highest BCUT2D eigenvalue weighted by Gasteiger charge is 2.29. The van der Waals surface area contributed by atoms with E-state index in [0.717, 1.165) is 0 Å². The van der Waals surface area contributed by atoms with Crippen LogP contribution in [-0.4, -0.2) is 43.3 Å². The maximum atomic E-state index is 11.6. The fourth-order valence-corrected chi connectivity index (χ4v) is 1.58. The number of hydrogen-bond acceptors (Lipinski definition) is 6. The minimum absolute atomic E-state index is 0.198. The maximum Gasteiger partial charge on any atom is 0.321 e. The fraction of sp³-hybridized carbons (Fsp3) is 0.250. The topological polar surface area (TPSA) is 114 Å². The molecule has 9 nitrogen and oxygen atoms in total. The summed E-state index contributed by atoms with van der Waals surface area (Å²) in [5.74, 6) is -0.638. The first-order valence-electron chi connectivity index (χ1n) is 4.86. The Hall–Kier alpha value is -2.58. The number of rotatable bonds is 1. The smallest absolute Gasteiger partial charge is 0.321 e. The van der Waals surface area contributed by atoms with Crippen molar-refractivity contribution >= 4 is 17.7 Å². The minimum atomic E-state index is -0.554. The van der Waals surface area contributed by atoms with Crippen molar-refractivity contribution in [3.8, 4) is 0 Å². The van der Waals surface area contributed by atoms with Crippen molar-refractivity contribution in [2.75, 3.05) is 6.54 Å². The molecule has 0 spiro atoms. The maximum absolute atomic E-state index is 11.6. The van der Waals surface area contributed by atoms with Gasteiger partial charge in [0.2, 0.25) is 5.91 Å². The van der Waals surface area contributed by atoms with Gasteiger partial charge in [-0.25, -0.2) is 9.78 Å². The summed E-state index contributed by atoms with van der Waals surface area (Å²) in [6.45, 7) is 0.198. The predicted octanol–water partition coefficient (Wildman–Crippen LogP) is -1.56. The lowest BCUT2D eigenvalue weighted by atomic mass is 10.0. The molecule has 0 bridgehead atoms. The molecule has 2 aromatic rings. The number of nitrogens with one attached hydrogen (secondary N) is 2. The number of urea groups is 1. The molecule has 3 amide bonds. The molecule has 2 N–H and O–H groups in total. The van der Waals surface area contributed by atoms with Gasteiger partial charge >= 0.3 is 6.03 Å². The van der Waals surface area contributed by atoms with Gasteiger partial charge in [-0.15, -0.1) is 10.2 Å². The van der Waals surface area contributed by atoms with E-state index in [1.54, 1.807) is 0 Å². The lowest BCUT2D eigenvalue weighted by Gasteiger charge is -2.20. The number of aromatic nitrogens is 5. The van der Waals surface area contributed by atoms with Crippen molar-refractivity contribution in [2.45, 2.75) is 5.92 Å². The standard InChI is InChI=1S/C8H7N7O2/c16-6-4(1-9-8(17)13-6)5-2-11-15-3-10-14-7(15)12-5/h2-4H,1H2,(H2,9,13,16,17). The molecule has 0 radical (unpaired) electrons. The van der Waals surface area contributed by atoms with Gasteiger partial charge in [0.25, 0.3) is 5.78 Å². The second-order valence-corrected chi connectivity index (χ2v) is 3.51. The van der Waals surface area contributed by atoms with Crippen LogP contribution in [0, 0.1) is 0 Å². The highest BCUT2D eigenvalue weighted by molar-refractivity contribution is 6.00. The molecule has 3 heterocycles. The molecule has 1 atom stereocenters. The zero-order valence-corrected chi connectivity index (χ0v) is 8.49. The Labute approximate surface area is 94.2 Å². The molecule has 1 fully saturated rings. The number of imide groups is 1. The van der Waals surface area contributed by atoms with Gasteiger partial charge in [-0.1, -0.05) is 0 Å². The molecule has 0 aliphatic carbocycles. The second-order valence-electron chi connectivity index (χ2n) is 3.51. The summed E-state index contributed by atoms with van der Waals surface area (Å²) in [5.41, 5.74) is 0.447. The Morgan fingerprint density at radius 2 is 2.29 bits per heavy atom. The molecule has 17 heavy (non-hydrogen) atoms. The first kappa shape index (κ1) is 9.63. The largest absolute Gasteiger partial charge is 0.337 e. The summed E-state index contributed by atoms with van der Waals surface area (Å²) >= 11 is 0. The van der Waals surface area contributed by atoms with Crippen molar-refractivity contribution in [2.24, 2.45) is 0 Å². The molecule has 1 aliphatic heterocycles. The van der Waals surface area contributed by atoms with Crippen LogP contribution in [0.2, 0.25) is 0 Å². The van der Waals surface area contributed by atoms with Crippen LogP contribution in [0.5, 0.6) is 0 Å². The molecule has 86 valence electrons. The third kappa shape index (κ3) is 1.57. The van der Waals surface area contributed by atoms with Crippen molar-refractivity contribution in [1.82, 2.24) is 35.4 Å². The summed E-state index contributed by atoms with van der Waals surface area (Å²) in [4.78, 5) is 26.7. The molecule has 1 unspecified atom stereocenters. The summed E-state index contributed by atoms with van der Waals surface area (Å²) in [6.07, 6.45) is 2.87. The highest BCUT2D eigenvalue weighted by Crippen LogP contribution is 2.14. The lowest BCUT2D eigenvalue weighted by molar-refractivity contribution is -0.122. The van der Waals surface area contributed by atoms with Gasteiger partial charge in [0.15, 0.2) is 0 Å². The normalized spacial score (nSPS) is 20.1. The number of nitrogens with zero attached hydrogens (tertiary/aromatic N) is 5. The van der Waals surface area contributed by atoms with Gasteiger partial charge in [-0.2, -0.15) is 9.61 Å². The van der Waals surface area contributed by atoms with Gasteiger partial charge in [0, 0.05) is 6.54 Å². The summed E-state index contributed by atoms with van der Waals surface area (Å²) in [5, 5.41) is 16.1. The summed E-state index contributed by atoms with van der Waals surface area (Å²) in [6, 6.07) is -0.497. The van der Waals surface area contributed by atoms with Crippen LogP contribution in [0.15, 0.2) is 12.5 Å². The molecule has 9 heteroatoms. The zero-order valence-electron chi connectivity index (χ0n) is 8.49. The molecule has 0 saturated carbocycles. The Morgan fingerprint density at radius 3 is 3.12 bits per heavy atom. The first-order valence-corrected chi connectivity index (χ1v) is 4.86. The quantitative estimate of drug-likeness (QED) is 0.615. The van der Waals surface area contributed by atoms with Crippen molar-refractivity contribution in [1.29, 1.82) is 0 Å². The number of fused-ring (bicyclic) bond motifs is 1. The molecule has 3 rings (SSSR count). The van der Waals surface area contributed by atoms with E-state index in [0.29, 0.717) is 11.5 Å². The van der Waals surface area contributed by atoms with Crippen LogP contribution in [-0.2, 0) is 4.79 Å². The Morgan fingerprint density at radius 1 is 1.41 bits per heavy atom. The van der Waals surface area contributed by atoms with E-state index in [9.17, 15) is 9.59 Å². The molecule has 2 aromatic heterocycles. The summed E-state index contributed by atoms with van der Waals surface area (Å²) < 4.78 is 1.39. The van der Waals surface area contributed by atoms with E-state index < -0.39 is 17.9 Å². The summed E-state index contributed by atoms with van der Waals surface area (Å²) in [7, 11) is 0. The SMILES string of the molecule is O=C1NCC(c2cnn3cnnc3n2)C(=O)N1. The Bertz CT molecular complexity index is 607. The van der Waals surface area contributed by atoms with E-state index in [2.05, 4.69) is 30.9 Å². The fourth-order valence-electron chi connectivity index (χ4n) is 1.58. The third-order valence-electron chi connectivity index (χ3n) is 2.43. The zero-order chi connectivity index (χ0) is 11.8. The predicted molar refractivity (Wildman–Crippen MR) is 52.9 cm³/mol. The van der Waals surface area contributed by atoms with Crippen molar-refractivity contribution < 1.29 is 9.59 Å². The number of carbonyl (C=O) groups excluding carboxylic acids is 2. The van der Waals surface area contributed by atoms with E-state index in [1.807, 2.05) is 0 Å². The average Bonchev–Trinajstić information content (AvgIpc) is 2.75. The number of amides is 3. The lowest BCUT2D eigenvalue weighted by Crippen LogP contribution is -2.51. The molecular weight excluding hydrogens is 226 g/mol. The van der Waals surface area contributed by atoms with E-state index >= 15 is 0 Å². The Balaban J connectivity index is 1.97. The van der Waals surface area contributed by atoms with E-state index in [4.69, 9.17) is 0 Å². The van der Waals surface area contributed by atoms with Crippen LogP contribution in [0.3, 0.4) is 0 Å². The van der Waals surface area contributed by atoms with Crippen LogP contribution in [0.1, 0.15) is 11.6 Å². The van der Waals surface area contributed by atoms with Gasteiger partial charge in [-0.3, -0.25) is 10.1 Å². The van der Waals surface area contributed by atoms with Crippen LogP contribution in [0.4, 0.5) is 4.79 Å². The average molecular weight is 233 g/mol. The van der Waals surface area contributed by atoms with Gasteiger partial charge in [0.05, 0.1) is 17.8 Å².